The van der Waals surface area contributed by atoms with Crippen LogP contribution >= 0.6 is 0 Å². The maximum absolute atomic E-state index is 11.4. The van der Waals surface area contributed by atoms with Crippen molar-refractivity contribution in [1.82, 2.24) is 4.98 Å². The first kappa shape index (κ1) is 12.7. The van der Waals surface area contributed by atoms with Crippen LogP contribution in [0.3, 0.4) is 0 Å². The van der Waals surface area contributed by atoms with E-state index in [9.17, 15) is 18.5 Å². The molecule has 1 unspecified atom stereocenters. The molecule has 0 bridgehead atoms. The molecule has 0 spiro atoms. The number of rotatable bonds is 3. The van der Waals surface area contributed by atoms with Crippen LogP contribution in [0.4, 0.5) is 11.5 Å². The molecule has 0 aromatic carbocycles. The normalized spacial score (nSPS) is 21.7. The number of hydrogen-bond acceptors (Lipinski definition) is 6. The second kappa shape index (κ2) is 4.52. The number of nitro groups is 1. The van der Waals surface area contributed by atoms with Crippen molar-refractivity contribution >= 4 is 21.3 Å². The van der Waals surface area contributed by atoms with Crippen LogP contribution in [-0.2, 0) is 9.84 Å². The number of nitrogens with zero attached hydrogens (tertiary/aromatic N) is 3. The molecule has 0 N–H and O–H groups in total. The molecule has 18 heavy (non-hydrogen) atoms. The number of hydrogen-bond donors (Lipinski definition) is 0. The van der Waals surface area contributed by atoms with Gasteiger partial charge >= 0.3 is 0 Å². The van der Waals surface area contributed by atoms with Gasteiger partial charge in [-0.25, -0.2) is 13.4 Å². The third-order valence-corrected chi connectivity index (χ3v) is 4.81. The molecule has 1 fully saturated rings. The van der Waals surface area contributed by atoms with Gasteiger partial charge in [0.15, 0.2) is 9.84 Å². The second-order valence-electron chi connectivity index (χ2n) is 4.30. The fraction of sp³-hybridized carbons (Fsp3) is 0.500. The smallest absolute Gasteiger partial charge is 0.274 e. The quantitative estimate of drug-likeness (QED) is 0.590. The lowest BCUT2D eigenvalue weighted by Gasteiger charge is -2.23. The fourth-order valence-corrected chi connectivity index (χ4v) is 3.76. The standard InChI is InChI=1S/C10H13N3O4S/c1-12(9-3-5-18(16,17)7-9)10-6-8(13(14)15)2-4-11-10/h2,4,6,9H,3,5,7H2,1H3. The minimum atomic E-state index is -2.98. The molecule has 7 nitrogen and oxygen atoms in total. The summed E-state index contributed by atoms with van der Waals surface area (Å²) < 4.78 is 22.8. The molecular weight excluding hydrogens is 258 g/mol. The van der Waals surface area contributed by atoms with E-state index in [0.29, 0.717) is 12.2 Å². The van der Waals surface area contributed by atoms with E-state index in [-0.39, 0.29) is 23.2 Å². The third-order valence-electron chi connectivity index (χ3n) is 3.06. The predicted octanol–water partition coefficient (Wildman–Crippen LogP) is 0.613. The third kappa shape index (κ3) is 2.58. The maximum Gasteiger partial charge on any atom is 0.274 e. The van der Waals surface area contributed by atoms with Crippen molar-refractivity contribution < 1.29 is 13.3 Å². The number of pyridine rings is 1. The van der Waals surface area contributed by atoms with Crippen LogP contribution in [0.1, 0.15) is 6.42 Å². The molecule has 1 aromatic heterocycles. The average Bonchev–Trinajstić information content (AvgIpc) is 2.69. The summed E-state index contributed by atoms with van der Waals surface area (Å²) in [5.41, 5.74) is -0.0484. The zero-order valence-electron chi connectivity index (χ0n) is 9.81. The molecule has 1 aromatic rings. The van der Waals surface area contributed by atoms with Gasteiger partial charge in [-0.2, -0.15) is 0 Å². The first-order valence-electron chi connectivity index (χ1n) is 5.43. The molecule has 98 valence electrons. The summed E-state index contributed by atoms with van der Waals surface area (Å²) in [6, 6.07) is 2.50. The average molecular weight is 271 g/mol. The van der Waals surface area contributed by atoms with Crippen LogP contribution in [0.25, 0.3) is 0 Å². The lowest BCUT2D eigenvalue weighted by Crippen LogP contribution is -2.33. The first-order chi connectivity index (χ1) is 8.39. The number of aromatic nitrogens is 1. The maximum atomic E-state index is 11.4. The zero-order chi connectivity index (χ0) is 13.3. The number of anilines is 1. The molecule has 1 saturated heterocycles. The molecule has 8 heteroatoms. The predicted molar refractivity (Wildman–Crippen MR) is 66.4 cm³/mol. The monoisotopic (exact) mass is 271 g/mol. The molecule has 0 saturated carbocycles. The van der Waals surface area contributed by atoms with Gasteiger partial charge in [-0.05, 0) is 6.42 Å². The molecule has 2 rings (SSSR count). The SMILES string of the molecule is CN(c1cc([N+](=O)[O-])ccn1)C1CCS(=O)(=O)C1. The highest BCUT2D eigenvalue weighted by atomic mass is 32.2. The fourth-order valence-electron chi connectivity index (χ4n) is 1.98. The highest BCUT2D eigenvalue weighted by molar-refractivity contribution is 7.91. The zero-order valence-corrected chi connectivity index (χ0v) is 10.6. The van der Waals surface area contributed by atoms with Crippen molar-refractivity contribution in [3.8, 4) is 0 Å². The molecule has 1 aliphatic rings. The lowest BCUT2D eigenvalue weighted by molar-refractivity contribution is -0.384. The van der Waals surface area contributed by atoms with E-state index in [0.717, 1.165) is 0 Å². The van der Waals surface area contributed by atoms with Crippen molar-refractivity contribution in [3.63, 3.8) is 0 Å². The van der Waals surface area contributed by atoms with E-state index < -0.39 is 14.8 Å². The van der Waals surface area contributed by atoms with Crippen LogP contribution in [0.15, 0.2) is 18.3 Å². The Morgan fingerprint density at radius 2 is 2.28 bits per heavy atom. The van der Waals surface area contributed by atoms with Crippen molar-refractivity contribution in [2.75, 3.05) is 23.5 Å². The molecule has 0 amide bonds. The summed E-state index contributed by atoms with van der Waals surface area (Å²) in [5.74, 6) is 0.663. The largest absolute Gasteiger partial charge is 0.355 e. The Hall–Kier alpha value is -1.70. The molecule has 0 aliphatic carbocycles. The van der Waals surface area contributed by atoms with Gasteiger partial charge in [-0.3, -0.25) is 10.1 Å². The van der Waals surface area contributed by atoms with E-state index in [1.54, 1.807) is 11.9 Å². The van der Waals surface area contributed by atoms with Crippen molar-refractivity contribution in [3.05, 3.63) is 28.4 Å². The van der Waals surface area contributed by atoms with Gasteiger partial charge < -0.3 is 4.90 Å². The van der Waals surface area contributed by atoms with Crippen LogP contribution in [0, 0.1) is 10.1 Å². The van der Waals surface area contributed by atoms with Gasteiger partial charge in [-0.15, -0.1) is 0 Å². The Morgan fingerprint density at radius 1 is 1.56 bits per heavy atom. The molecular formula is C10H13N3O4S. The topological polar surface area (TPSA) is 93.4 Å². The van der Waals surface area contributed by atoms with Crippen molar-refractivity contribution in [1.29, 1.82) is 0 Å². The van der Waals surface area contributed by atoms with Gasteiger partial charge in [0.2, 0.25) is 0 Å². The lowest BCUT2D eigenvalue weighted by atomic mass is 10.2. The summed E-state index contributed by atoms with van der Waals surface area (Å²) in [4.78, 5) is 15.9. The Morgan fingerprint density at radius 3 is 2.83 bits per heavy atom. The highest BCUT2D eigenvalue weighted by Crippen LogP contribution is 2.23. The Bertz CT molecular complexity index is 572. The van der Waals surface area contributed by atoms with E-state index in [4.69, 9.17) is 0 Å². The Balaban J connectivity index is 2.21. The summed E-state index contributed by atoms with van der Waals surface area (Å²) in [6.07, 6.45) is 1.89. The number of sulfone groups is 1. The molecule has 2 heterocycles. The van der Waals surface area contributed by atoms with Gasteiger partial charge in [0.1, 0.15) is 5.82 Å². The summed E-state index contributed by atoms with van der Waals surface area (Å²) in [5, 5.41) is 10.7. The van der Waals surface area contributed by atoms with E-state index in [1.165, 1.54) is 18.3 Å². The van der Waals surface area contributed by atoms with E-state index in [2.05, 4.69) is 4.98 Å². The molecule has 0 radical (unpaired) electrons. The molecule has 1 aliphatic heterocycles. The van der Waals surface area contributed by atoms with E-state index in [1.807, 2.05) is 0 Å². The van der Waals surface area contributed by atoms with E-state index >= 15 is 0 Å². The summed E-state index contributed by atoms with van der Waals surface area (Å²) in [7, 11) is -1.27. The minimum absolute atomic E-state index is 0.0484. The van der Waals surface area contributed by atoms with Gasteiger partial charge in [0.25, 0.3) is 5.69 Å². The van der Waals surface area contributed by atoms with Crippen molar-refractivity contribution in [2.24, 2.45) is 0 Å². The second-order valence-corrected chi connectivity index (χ2v) is 6.53. The molecule has 1 atom stereocenters. The first-order valence-corrected chi connectivity index (χ1v) is 7.25. The van der Waals surface area contributed by atoms with Gasteiger partial charge in [0.05, 0.1) is 22.5 Å². The van der Waals surface area contributed by atoms with Crippen molar-refractivity contribution in [2.45, 2.75) is 12.5 Å². The highest BCUT2D eigenvalue weighted by Gasteiger charge is 2.31. The Kier molecular flexibility index (Phi) is 3.20. The van der Waals surface area contributed by atoms with Gasteiger partial charge in [0, 0.05) is 25.4 Å². The van der Waals surface area contributed by atoms with Gasteiger partial charge in [-0.1, -0.05) is 0 Å². The Labute approximate surface area is 105 Å². The summed E-state index contributed by atoms with van der Waals surface area (Å²) >= 11 is 0. The van der Waals surface area contributed by atoms with Crippen LogP contribution in [0.5, 0.6) is 0 Å². The minimum Gasteiger partial charge on any atom is -0.355 e. The van der Waals surface area contributed by atoms with Crippen LogP contribution in [0.2, 0.25) is 0 Å². The van der Waals surface area contributed by atoms with Crippen LogP contribution in [-0.4, -0.2) is 42.9 Å². The van der Waals surface area contributed by atoms with Crippen LogP contribution < -0.4 is 4.90 Å². The summed E-state index contributed by atoms with van der Waals surface area (Å²) in [6.45, 7) is 0.